The molecule has 0 unspecified atom stereocenters. The maximum atomic E-state index is 13.6. The van der Waals surface area contributed by atoms with E-state index < -0.39 is 29.9 Å². The number of ketones is 1. The zero-order chi connectivity index (χ0) is 19.8. The molecule has 0 radical (unpaired) electrons. The quantitative estimate of drug-likeness (QED) is 0.831. The fourth-order valence-corrected chi connectivity index (χ4v) is 3.20. The molecule has 0 saturated heterocycles. The maximum Gasteiger partial charge on any atom is 0.403 e. The van der Waals surface area contributed by atoms with Gasteiger partial charge in [0.05, 0.1) is 0 Å². The smallest absolute Gasteiger partial charge is 0.384 e. The molecule has 2 heterocycles. The number of Topliss-reactive ketones (excluding diaryl/α,β-unsaturated/α-hetero) is 1. The molecular formula is C19H17F3N2O3. The lowest BCUT2D eigenvalue weighted by Crippen LogP contribution is -2.50. The molecule has 1 N–H and O–H groups in total. The molecule has 1 amide bonds. The molecule has 2 aromatic rings. The Kier molecular flexibility index (Phi) is 5.01. The highest BCUT2D eigenvalue weighted by Gasteiger charge is 2.54. The Labute approximate surface area is 153 Å². The summed E-state index contributed by atoms with van der Waals surface area (Å²) < 4.78 is 40.9. The summed E-state index contributed by atoms with van der Waals surface area (Å²) in [6, 6.07) is 9.28. The lowest BCUT2D eigenvalue weighted by molar-refractivity contribution is -0.195. The van der Waals surface area contributed by atoms with Crippen molar-refractivity contribution in [3.05, 3.63) is 59.3 Å². The van der Waals surface area contributed by atoms with Crippen LogP contribution in [0.25, 0.3) is 0 Å². The Balaban J connectivity index is 1.94. The minimum absolute atomic E-state index is 0.0169. The largest absolute Gasteiger partial charge is 0.403 e. The number of aliphatic hydroxyl groups is 1. The van der Waals surface area contributed by atoms with E-state index >= 15 is 0 Å². The third kappa shape index (κ3) is 3.57. The van der Waals surface area contributed by atoms with Crippen LogP contribution in [0.2, 0.25) is 0 Å². The summed E-state index contributed by atoms with van der Waals surface area (Å²) in [6.45, 7) is 1.56. The summed E-state index contributed by atoms with van der Waals surface area (Å²) in [5, 5.41) is 10.2. The Hall–Kier alpha value is -2.74. The van der Waals surface area contributed by atoms with Gasteiger partial charge in [0.2, 0.25) is 5.91 Å². The van der Waals surface area contributed by atoms with Crippen molar-refractivity contribution < 1.29 is 27.9 Å². The van der Waals surface area contributed by atoms with Crippen LogP contribution in [-0.2, 0) is 11.2 Å². The van der Waals surface area contributed by atoms with E-state index in [-0.39, 0.29) is 17.9 Å². The second-order valence-electron chi connectivity index (χ2n) is 6.37. The summed E-state index contributed by atoms with van der Waals surface area (Å²) in [5.74, 6) is -5.25. The molecule has 1 aromatic carbocycles. The Bertz CT molecular complexity index is 882. The van der Waals surface area contributed by atoms with Crippen LogP contribution in [0, 0.1) is 12.8 Å². The van der Waals surface area contributed by atoms with Gasteiger partial charge in [-0.3, -0.25) is 14.5 Å². The van der Waals surface area contributed by atoms with Gasteiger partial charge in [-0.15, -0.1) is 0 Å². The van der Waals surface area contributed by atoms with Crippen LogP contribution in [-0.4, -0.2) is 40.6 Å². The molecular weight excluding hydrogens is 361 g/mol. The molecule has 0 saturated carbocycles. The number of alkyl halides is 3. The monoisotopic (exact) mass is 378 g/mol. The fraction of sp³-hybridized carbons (Fsp3) is 0.316. The van der Waals surface area contributed by atoms with Crippen molar-refractivity contribution in [2.45, 2.75) is 25.6 Å². The van der Waals surface area contributed by atoms with Crippen LogP contribution in [0.5, 0.6) is 0 Å². The number of carbonyl (C=O) groups excluding carboxylic acids is 2. The lowest BCUT2D eigenvalue weighted by atomic mass is 9.91. The molecule has 8 heteroatoms. The predicted molar refractivity (Wildman–Crippen MR) is 91.4 cm³/mol. The van der Waals surface area contributed by atoms with Crippen LogP contribution >= 0.6 is 0 Å². The predicted octanol–water partition coefficient (Wildman–Crippen LogP) is 2.70. The summed E-state index contributed by atoms with van der Waals surface area (Å²) in [6.07, 6.45) is -5.89. The van der Waals surface area contributed by atoms with E-state index in [0.717, 1.165) is 4.90 Å². The Morgan fingerprint density at radius 3 is 2.56 bits per heavy atom. The van der Waals surface area contributed by atoms with Crippen LogP contribution in [0.4, 0.5) is 19.0 Å². The molecule has 3 rings (SSSR count). The van der Waals surface area contributed by atoms with Crippen molar-refractivity contribution in [1.82, 2.24) is 4.98 Å². The molecule has 0 bridgehead atoms. The molecule has 27 heavy (non-hydrogen) atoms. The highest BCUT2D eigenvalue weighted by molar-refractivity contribution is 6.06. The highest BCUT2D eigenvalue weighted by Crippen LogP contribution is 2.35. The molecule has 1 aliphatic heterocycles. The molecule has 142 valence electrons. The van der Waals surface area contributed by atoms with Crippen molar-refractivity contribution >= 4 is 17.5 Å². The molecule has 2 atom stereocenters. The van der Waals surface area contributed by atoms with Crippen LogP contribution in [0.3, 0.4) is 0 Å². The number of aliphatic hydroxyl groups excluding tert-OH is 1. The number of carbonyl (C=O) groups is 2. The normalized spacial score (nSPS) is 16.0. The first-order chi connectivity index (χ1) is 12.7. The first-order valence-corrected chi connectivity index (χ1v) is 8.31. The third-order valence-corrected chi connectivity index (χ3v) is 4.61. The van der Waals surface area contributed by atoms with E-state index in [1.807, 2.05) is 0 Å². The first kappa shape index (κ1) is 19.0. The number of benzene rings is 1. The van der Waals surface area contributed by atoms with E-state index in [0.29, 0.717) is 17.5 Å². The van der Waals surface area contributed by atoms with Crippen molar-refractivity contribution in [1.29, 1.82) is 0 Å². The number of hydrogen-bond acceptors (Lipinski definition) is 4. The molecule has 1 aliphatic rings. The number of rotatable bonds is 4. The lowest BCUT2D eigenvalue weighted by Gasteiger charge is -2.28. The summed E-state index contributed by atoms with van der Waals surface area (Å²) in [5.41, 5.74) is 1.02. The van der Waals surface area contributed by atoms with Crippen molar-refractivity contribution in [2.24, 2.45) is 5.92 Å². The maximum absolute atomic E-state index is 13.6. The van der Waals surface area contributed by atoms with Gasteiger partial charge in [-0.1, -0.05) is 30.3 Å². The number of hydrogen-bond donors (Lipinski definition) is 1. The van der Waals surface area contributed by atoms with Gasteiger partial charge in [0.15, 0.2) is 11.7 Å². The number of fused-ring (bicyclic) bond motifs is 1. The van der Waals surface area contributed by atoms with Gasteiger partial charge in [0.25, 0.3) is 0 Å². The number of pyridine rings is 1. The Morgan fingerprint density at radius 2 is 1.89 bits per heavy atom. The minimum Gasteiger partial charge on any atom is -0.384 e. The molecule has 0 spiro atoms. The third-order valence-electron chi connectivity index (χ3n) is 4.61. The molecule has 5 nitrogen and oxygen atoms in total. The van der Waals surface area contributed by atoms with Crippen molar-refractivity contribution in [2.75, 3.05) is 11.4 Å². The average Bonchev–Trinajstić information content (AvgIpc) is 3.04. The summed E-state index contributed by atoms with van der Waals surface area (Å²) >= 11 is 0. The SMILES string of the molecule is Cc1ccccc1C(=O)[C@H](O)[C@@H](C(=O)N1CCc2cccnc21)C(F)(F)F. The summed E-state index contributed by atoms with van der Waals surface area (Å²) in [4.78, 5) is 30.0. The Morgan fingerprint density at radius 1 is 1.19 bits per heavy atom. The van der Waals surface area contributed by atoms with Gasteiger partial charge >= 0.3 is 6.18 Å². The summed E-state index contributed by atoms with van der Waals surface area (Å²) in [7, 11) is 0. The zero-order valence-electron chi connectivity index (χ0n) is 14.4. The van der Waals surface area contributed by atoms with Crippen molar-refractivity contribution in [3.63, 3.8) is 0 Å². The number of amides is 1. The van der Waals surface area contributed by atoms with Crippen LogP contribution < -0.4 is 4.90 Å². The second kappa shape index (κ2) is 7.11. The van der Waals surface area contributed by atoms with E-state index in [2.05, 4.69) is 4.98 Å². The van der Waals surface area contributed by atoms with E-state index in [1.54, 1.807) is 31.2 Å². The van der Waals surface area contributed by atoms with E-state index in [4.69, 9.17) is 0 Å². The van der Waals surface area contributed by atoms with Gasteiger partial charge in [-0.05, 0) is 30.5 Å². The van der Waals surface area contributed by atoms with Crippen LogP contribution in [0.15, 0.2) is 42.6 Å². The first-order valence-electron chi connectivity index (χ1n) is 8.31. The van der Waals surface area contributed by atoms with Gasteiger partial charge < -0.3 is 5.11 Å². The topological polar surface area (TPSA) is 70.5 Å². The number of aromatic nitrogens is 1. The molecule has 0 aliphatic carbocycles. The van der Waals surface area contributed by atoms with Gasteiger partial charge in [0.1, 0.15) is 11.9 Å². The van der Waals surface area contributed by atoms with Gasteiger partial charge in [-0.2, -0.15) is 13.2 Å². The van der Waals surface area contributed by atoms with Gasteiger partial charge in [-0.25, -0.2) is 4.98 Å². The van der Waals surface area contributed by atoms with E-state index in [1.165, 1.54) is 18.3 Å². The number of aryl methyl sites for hydroxylation is 1. The minimum atomic E-state index is -5.09. The van der Waals surface area contributed by atoms with Crippen LogP contribution in [0.1, 0.15) is 21.5 Å². The average molecular weight is 378 g/mol. The van der Waals surface area contributed by atoms with E-state index in [9.17, 15) is 27.9 Å². The fourth-order valence-electron chi connectivity index (χ4n) is 3.20. The molecule has 1 aromatic heterocycles. The number of nitrogens with zero attached hydrogens (tertiary/aromatic N) is 2. The number of anilines is 1. The number of halogens is 3. The molecule has 0 fully saturated rings. The standard InChI is InChI=1S/C19H17F3N2O3/c1-11-5-2-3-7-13(11)15(25)16(26)14(19(20,21)22)18(27)24-10-8-12-6-4-9-23-17(12)24/h2-7,9,14,16,26H,8,10H2,1H3/t14-,16+/m0/s1. The van der Waals surface area contributed by atoms with Crippen molar-refractivity contribution in [3.8, 4) is 0 Å². The second-order valence-corrected chi connectivity index (χ2v) is 6.37. The highest BCUT2D eigenvalue weighted by atomic mass is 19.4. The zero-order valence-corrected chi connectivity index (χ0v) is 14.4. The van der Waals surface area contributed by atoms with Gasteiger partial charge in [0, 0.05) is 18.3 Å².